The van der Waals surface area contributed by atoms with Crippen LogP contribution in [-0.4, -0.2) is 14.5 Å². The van der Waals surface area contributed by atoms with Crippen LogP contribution in [0.15, 0.2) is 169 Å². The molecule has 258 valence electrons. The summed E-state index contributed by atoms with van der Waals surface area (Å²) in [7, 11) is 0. The summed E-state index contributed by atoms with van der Waals surface area (Å²) in [5, 5.41) is 4.03. The van der Waals surface area contributed by atoms with E-state index >= 15 is 0 Å². The Bertz CT molecular complexity index is 2900. The van der Waals surface area contributed by atoms with E-state index < -0.39 is 0 Å². The molecular formula is C50H37N3S. The lowest BCUT2D eigenvalue weighted by Crippen LogP contribution is -2.47. The highest BCUT2D eigenvalue weighted by Crippen LogP contribution is 2.67. The van der Waals surface area contributed by atoms with Crippen molar-refractivity contribution in [3.63, 3.8) is 0 Å². The highest BCUT2D eigenvalue weighted by molar-refractivity contribution is 8.08. The quantitative estimate of drug-likeness (QED) is 0.182. The summed E-state index contributed by atoms with van der Waals surface area (Å²) in [6.07, 6.45) is 0. The largest absolute Gasteiger partial charge is 0.308 e. The SMILES string of the molecule is CC1(C)C2=c3c(n(-c4cccc(-c5cc(-c6ccccc6)nc(-c6ccccc6)n5)c4)c4ccccc34)=C3Sc4ccccc4C3C2(C)c2ccccc21. The molecule has 6 aromatic carbocycles. The zero-order chi connectivity index (χ0) is 36.2. The van der Waals surface area contributed by atoms with Crippen molar-refractivity contribution in [1.82, 2.24) is 14.5 Å². The Morgan fingerprint density at radius 2 is 1.20 bits per heavy atom. The van der Waals surface area contributed by atoms with Gasteiger partial charge in [-0.25, -0.2) is 9.97 Å². The molecule has 0 N–H and O–H groups in total. The number of rotatable bonds is 4. The number of hydrogen-bond acceptors (Lipinski definition) is 3. The van der Waals surface area contributed by atoms with Gasteiger partial charge >= 0.3 is 0 Å². The first-order valence-electron chi connectivity index (χ1n) is 18.8. The van der Waals surface area contributed by atoms with Gasteiger partial charge in [0.05, 0.1) is 22.3 Å². The molecule has 0 bridgehead atoms. The van der Waals surface area contributed by atoms with Gasteiger partial charge in [0.2, 0.25) is 0 Å². The van der Waals surface area contributed by atoms with Gasteiger partial charge in [-0.3, -0.25) is 0 Å². The van der Waals surface area contributed by atoms with Crippen LogP contribution < -0.4 is 10.6 Å². The van der Waals surface area contributed by atoms with Gasteiger partial charge in [0.1, 0.15) is 0 Å². The zero-order valence-corrected chi connectivity index (χ0v) is 31.2. The molecule has 0 saturated heterocycles. The molecule has 2 atom stereocenters. The van der Waals surface area contributed by atoms with Crippen LogP contribution in [0.4, 0.5) is 0 Å². The third-order valence-electron chi connectivity index (χ3n) is 12.2. The van der Waals surface area contributed by atoms with E-state index in [9.17, 15) is 0 Å². The van der Waals surface area contributed by atoms with E-state index in [4.69, 9.17) is 9.97 Å². The van der Waals surface area contributed by atoms with Crippen molar-refractivity contribution in [2.24, 2.45) is 0 Å². The molecule has 0 amide bonds. The van der Waals surface area contributed by atoms with Crippen LogP contribution in [0.5, 0.6) is 0 Å². The van der Waals surface area contributed by atoms with Crippen LogP contribution in [-0.2, 0) is 10.8 Å². The van der Waals surface area contributed by atoms with Crippen molar-refractivity contribution in [2.75, 3.05) is 0 Å². The number of hydrogen-bond donors (Lipinski definition) is 0. The zero-order valence-electron chi connectivity index (χ0n) is 30.4. The monoisotopic (exact) mass is 711 g/mol. The van der Waals surface area contributed by atoms with E-state index in [1.165, 1.54) is 53.5 Å². The standard InChI is InChI=1S/C50H37N3S/c1-49(2)37-25-12-13-26-38(37)50(3)44-36-24-11-15-28-42(36)54-46(44)45-43(47(49)50)35-23-10-14-27-41(35)53(45)34-22-16-21-33(29-34)40-30-39(31-17-6-4-7-18-31)51-48(52-40)32-19-8-5-9-20-32/h4-30,44H,1-3H3. The first kappa shape index (κ1) is 31.5. The summed E-state index contributed by atoms with van der Waals surface area (Å²) < 4.78 is 2.55. The summed E-state index contributed by atoms with van der Waals surface area (Å²) in [5.74, 6) is 0.928. The third kappa shape index (κ3) is 4.32. The molecule has 0 spiro atoms. The average Bonchev–Trinajstić information content (AvgIpc) is 3.84. The van der Waals surface area contributed by atoms with E-state index in [2.05, 4.69) is 165 Å². The van der Waals surface area contributed by atoms with Gasteiger partial charge in [0.15, 0.2) is 5.82 Å². The molecule has 8 aromatic rings. The Balaban J connectivity index is 1.22. The van der Waals surface area contributed by atoms with Gasteiger partial charge in [0.25, 0.3) is 0 Å². The Labute approximate surface area is 319 Å². The third-order valence-corrected chi connectivity index (χ3v) is 13.4. The van der Waals surface area contributed by atoms with Gasteiger partial charge < -0.3 is 4.57 Å². The fourth-order valence-electron chi connectivity index (χ4n) is 10.0. The maximum Gasteiger partial charge on any atom is 0.160 e. The molecule has 11 rings (SSSR count). The maximum absolute atomic E-state index is 5.21. The van der Waals surface area contributed by atoms with Crippen molar-refractivity contribution >= 4 is 33.1 Å². The first-order chi connectivity index (χ1) is 26.4. The minimum atomic E-state index is -0.193. The molecule has 3 aliphatic rings. The van der Waals surface area contributed by atoms with Crippen LogP contribution in [0.3, 0.4) is 0 Å². The second-order valence-electron chi connectivity index (χ2n) is 15.5. The Morgan fingerprint density at radius 3 is 2.00 bits per heavy atom. The topological polar surface area (TPSA) is 30.7 Å². The molecule has 1 aliphatic heterocycles. The summed E-state index contributed by atoms with van der Waals surface area (Å²) in [4.78, 5) is 13.1. The minimum Gasteiger partial charge on any atom is -0.308 e. The lowest BCUT2D eigenvalue weighted by atomic mass is 9.62. The number of thioether (sulfide) groups is 1. The van der Waals surface area contributed by atoms with Gasteiger partial charge in [0, 0.05) is 59.5 Å². The number of aromatic nitrogens is 3. The fraction of sp³-hybridized carbons (Fsp3) is 0.120. The van der Waals surface area contributed by atoms with Crippen molar-refractivity contribution < 1.29 is 0 Å². The van der Waals surface area contributed by atoms with E-state index in [-0.39, 0.29) is 16.7 Å². The second-order valence-corrected chi connectivity index (χ2v) is 16.6. The smallest absolute Gasteiger partial charge is 0.160 e. The van der Waals surface area contributed by atoms with Crippen molar-refractivity contribution in [2.45, 2.75) is 42.4 Å². The molecule has 2 unspecified atom stereocenters. The van der Waals surface area contributed by atoms with Crippen molar-refractivity contribution in [3.8, 4) is 39.6 Å². The number of fused-ring (bicyclic) bond motifs is 10. The summed E-state index contributed by atoms with van der Waals surface area (Å²) in [6, 6.07) is 59.2. The molecule has 2 aliphatic carbocycles. The molecule has 3 nitrogen and oxygen atoms in total. The normalized spacial score (nSPS) is 18.9. The van der Waals surface area contributed by atoms with Crippen molar-refractivity contribution in [1.29, 1.82) is 0 Å². The van der Waals surface area contributed by atoms with Gasteiger partial charge in [-0.15, -0.1) is 0 Å². The van der Waals surface area contributed by atoms with Crippen LogP contribution in [0, 0.1) is 0 Å². The van der Waals surface area contributed by atoms with E-state index in [1.54, 1.807) is 0 Å². The average molecular weight is 712 g/mol. The van der Waals surface area contributed by atoms with E-state index in [0.29, 0.717) is 0 Å². The predicted molar refractivity (Wildman–Crippen MR) is 223 cm³/mol. The van der Waals surface area contributed by atoms with Crippen LogP contribution in [0.2, 0.25) is 0 Å². The molecule has 0 saturated carbocycles. The lowest BCUT2D eigenvalue weighted by Gasteiger charge is -2.40. The minimum absolute atomic E-state index is 0.159. The number of benzene rings is 6. The molecule has 54 heavy (non-hydrogen) atoms. The van der Waals surface area contributed by atoms with Gasteiger partial charge in [-0.2, -0.15) is 0 Å². The molecule has 4 heteroatoms. The number of para-hydroxylation sites is 1. The summed E-state index contributed by atoms with van der Waals surface area (Å²) >= 11 is 1.97. The van der Waals surface area contributed by atoms with Crippen molar-refractivity contribution in [3.05, 3.63) is 191 Å². The Hall–Kier alpha value is -5.97. The number of nitrogens with zero attached hydrogens (tertiary/aromatic N) is 3. The lowest BCUT2D eigenvalue weighted by molar-refractivity contribution is 0.536. The van der Waals surface area contributed by atoms with Crippen LogP contribution in [0.25, 0.3) is 61.0 Å². The Kier molecular flexibility index (Phi) is 6.73. The molecule has 2 aromatic heterocycles. The fourth-order valence-corrected chi connectivity index (χ4v) is 11.5. The highest BCUT2D eigenvalue weighted by Gasteiger charge is 2.58. The predicted octanol–water partition coefficient (Wildman–Crippen LogP) is 10.8. The molecule has 0 radical (unpaired) electrons. The van der Waals surface area contributed by atoms with Gasteiger partial charge in [-0.1, -0.05) is 166 Å². The highest BCUT2D eigenvalue weighted by atomic mass is 32.2. The van der Waals surface area contributed by atoms with Crippen LogP contribution >= 0.6 is 11.8 Å². The Morgan fingerprint density at radius 1 is 0.574 bits per heavy atom. The maximum atomic E-state index is 5.21. The van der Waals surface area contributed by atoms with E-state index in [1.807, 2.05) is 36.0 Å². The molecule has 3 heterocycles. The van der Waals surface area contributed by atoms with Crippen LogP contribution in [0.1, 0.15) is 43.4 Å². The second kappa shape index (κ2) is 11.5. The first-order valence-corrected chi connectivity index (χ1v) is 19.6. The summed E-state index contributed by atoms with van der Waals surface area (Å²) in [6.45, 7) is 7.43. The van der Waals surface area contributed by atoms with Gasteiger partial charge in [-0.05, 0) is 52.6 Å². The molecular weight excluding hydrogens is 675 g/mol. The van der Waals surface area contributed by atoms with E-state index in [0.717, 1.165) is 39.6 Å². The summed E-state index contributed by atoms with van der Waals surface area (Å²) in [5.41, 5.74) is 12.8. The molecule has 0 fully saturated rings.